The molecule has 4 heteroatoms. The highest BCUT2D eigenvalue weighted by molar-refractivity contribution is 5.85. The lowest BCUT2D eigenvalue weighted by molar-refractivity contribution is 0.111. The van der Waals surface area contributed by atoms with E-state index >= 15 is 0 Å². The molecule has 0 saturated carbocycles. The summed E-state index contributed by atoms with van der Waals surface area (Å²) in [4.78, 5) is 14.2. The third kappa shape index (κ3) is 2.05. The number of carbonyl (C=O) groups is 1. The molecule has 0 aliphatic heterocycles. The van der Waals surface area contributed by atoms with Crippen molar-refractivity contribution in [2.75, 3.05) is 0 Å². The fourth-order valence-corrected chi connectivity index (χ4v) is 0.838. The van der Waals surface area contributed by atoms with Crippen molar-refractivity contribution in [2.24, 2.45) is 0 Å². The lowest BCUT2D eigenvalue weighted by Gasteiger charge is -2.06. The Morgan fingerprint density at radius 3 is 2.64 bits per heavy atom. The number of nitrogens with zero attached hydrogens (tertiary/aromatic N) is 2. The molecule has 0 fully saturated rings. The first-order valence-electron chi connectivity index (χ1n) is 3.22. The fraction of sp³-hybridized carbons (Fsp3) is 0.429. The molecule has 0 amide bonds. The first-order chi connectivity index (χ1) is 4.75. The summed E-state index contributed by atoms with van der Waals surface area (Å²) < 4.78 is 1.83. The van der Waals surface area contributed by atoms with Crippen molar-refractivity contribution in [1.82, 2.24) is 9.55 Å². The molecule has 0 aromatic carbocycles. The van der Waals surface area contributed by atoms with Crippen LogP contribution in [0.25, 0.3) is 0 Å². The van der Waals surface area contributed by atoms with Crippen molar-refractivity contribution in [2.45, 2.75) is 19.9 Å². The van der Waals surface area contributed by atoms with Gasteiger partial charge in [0, 0.05) is 6.04 Å². The summed E-state index contributed by atoms with van der Waals surface area (Å²) >= 11 is 0. The molecule has 0 unspecified atom stereocenters. The highest BCUT2D eigenvalue weighted by atomic mass is 35.5. The standard InChI is InChI=1S/C7H10N2O.ClH/c1-6(2)9-5-8-3-7(9)4-10;/h3-6H,1-2H3;1H. The van der Waals surface area contributed by atoms with Crippen molar-refractivity contribution in [3.05, 3.63) is 18.2 Å². The number of imidazole rings is 1. The topological polar surface area (TPSA) is 34.9 Å². The molecular formula is C7H11ClN2O. The zero-order valence-electron chi connectivity index (χ0n) is 6.52. The highest BCUT2D eigenvalue weighted by Crippen LogP contribution is 2.05. The summed E-state index contributed by atoms with van der Waals surface area (Å²) in [6.07, 6.45) is 4.04. The molecular weight excluding hydrogens is 164 g/mol. The number of hydrogen-bond donors (Lipinski definition) is 0. The third-order valence-electron chi connectivity index (χ3n) is 1.37. The summed E-state index contributed by atoms with van der Waals surface area (Å²) in [6, 6.07) is 0.308. The SMILES string of the molecule is CC(C)n1cncc1C=O.Cl. The second kappa shape index (κ2) is 4.13. The predicted molar refractivity (Wildman–Crippen MR) is 45.2 cm³/mol. The van der Waals surface area contributed by atoms with Gasteiger partial charge in [-0.05, 0) is 13.8 Å². The quantitative estimate of drug-likeness (QED) is 0.640. The van der Waals surface area contributed by atoms with Gasteiger partial charge in [0.2, 0.25) is 0 Å². The van der Waals surface area contributed by atoms with E-state index in [1.165, 1.54) is 0 Å². The van der Waals surface area contributed by atoms with Crippen LogP contribution < -0.4 is 0 Å². The molecule has 0 atom stereocenters. The molecule has 1 aromatic rings. The van der Waals surface area contributed by atoms with Crippen molar-refractivity contribution >= 4 is 18.7 Å². The van der Waals surface area contributed by atoms with E-state index in [0.29, 0.717) is 11.7 Å². The number of aromatic nitrogens is 2. The summed E-state index contributed by atoms with van der Waals surface area (Å²) in [5, 5.41) is 0. The molecule has 0 aliphatic carbocycles. The van der Waals surface area contributed by atoms with Crippen LogP contribution in [-0.4, -0.2) is 15.8 Å². The smallest absolute Gasteiger partial charge is 0.168 e. The number of hydrogen-bond acceptors (Lipinski definition) is 2. The van der Waals surface area contributed by atoms with Gasteiger partial charge in [0.05, 0.1) is 12.5 Å². The van der Waals surface area contributed by atoms with E-state index in [1.54, 1.807) is 12.5 Å². The van der Waals surface area contributed by atoms with Crippen LogP contribution in [0.5, 0.6) is 0 Å². The molecule has 0 radical (unpaired) electrons. The monoisotopic (exact) mass is 174 g/mol. The maximum atomic E-state index is 10.3. The Morgan fingerprint density at radius 1 is 1.64 bits per heavy atom. The molecule has 3 nitrogen and oxygen atoms in total. The minimum Gasteiger partial charge on any atom is -0.326 e. The summed E-state index contributed by atoms with van der Waals surface area (Å²) in [5.41, 5.74) is 0.634. The van der Waals surface area contributed by atoms with Crippen LogP contribution in [0.4, 0.5) is 0 Å². The van der Waals surface area contributed by atoms with E-state index in [4.69, 9.17) is 0 Å². The molecule has 0 saturated heterocycles. The Balaban J connectivity index is 0.000001000. The third-order valence-corrected chi connectivity index (χ3v) is 1.37. The van der Waals surface area contributed by atoms with Crippen molar-refractivity contribution in [1.29, 1.82) is 0 Å². The van der Waals surface area contributed by atoms with Crippen LogP contribution in [0.2, 0.25) is 0 Å². The highest BCUT2D eigenvalue weighted by Gasteiger charge is 2.01. The largest absolute Gasteiger partial charge is 0.326 e. The van der Waals surface area contributed by atoms with Crippen LogP contribution in [0.1, 0.15) is 30.4 Å². The van der Waals surface area contributed by atoms with Gasteiger partial charge in [0.25, 0.3) is 0 Å². The molecule has 1 rings (SSSR count). The lowest BCUT2D eigenvalue weighted by atomic mass is 10.4. The van der Waals surface area contributed by atoms with Gasteiger partial charge in [0.15, 0.2) is 6.29 Å². The molecule has 1 heterocycles. The molecule has 0 N–H and O–H groups in total. The number of carbonyl (C=O) groups excluding carboxylic acids is 1. The van der Waals surface area contributed by atoms with E-state index in [-0.39, 0.29) is 12.4 Å². The molecule has 0 bridgehead atoms. The van der Waals surface area contributed by atoms with E-state index < -0.39 is 0 Å². The summed E-state index contributed by atoms with van der Waals surface area (Å²) in [7, 11) is 0. The number of halogens is 1. The minimum absolute atomic E-state index is 0. The Hall–Kier alpha value is -0.830. The predicted octanol–water partition coefficient (Wildman–Crippen LogP) is 1.70. The molecule has 0 aliphatic rings. The maximum absolute atomic E-state index is 10.3. The summed E-state index contributed by atoms with van der Waals surface area (Å²) in [5.74, 6) is 0. The Labute approximate surface area is 71.8 Å². The van der Waals surface area contributed by atoms with Crippen LogP contribution in [-0.2, 0) is 0 Å². The van der Waals surface area contributed by atoms with Gasteiger partial charge in [0.1, 0.15) is 5.69 Å². The van der Waals surface area contributed by atoms with Crippen LogP contribution in [0.3, 0.4) is 0 Å². The second-order valence-electron chi connectivity index (χ2n) is 2.44. The molecule has 1 aromatic heterocycles. The van der Waals surface area contributed by atoms with E-state index in [0.717, 1.165) is 6.29 Å². The number of rotatable bonds is 2. The summed E-state index contributed by atoms with van der Waals surface area (Å²) in [6.45, 7) is 4.02. The Morgan fingerprint density at radius 2 is 2.27 bits per heavy atom. The van der Waals surface area contributed by atoms with Crippen molar-refractivity contribution in [3.8, 4) is 0 Å². The van der Waals surface area contributed by atoms with Gasteiger partial charge in [-0.15, -0.1) is 12.4 Å². The zero-order valence-corrected chi connectivity index (χ0v) is 7.34. The van der Waals surface area contributed by atoms with Crippen LogP contribution >= 0.6 is 12.4 Å². The zero-order chi connectivity index (χ0) is 7.56. The average Bonchev–Trinajstić information content (AvgIpc) is 2.33. The van der Waals surface area contributed by atoms with Gasteiger partial charge in [-0.2, -0.15) is 0 Å². The molecule has 0 spiro atoms. The Kier molecular flexibility index (Phi) is 3.82. The molecule has 11 heavy (non-hydrogen) atoms. The van der Waals surface area contributed by atoms with Gasteiger partial charge in [-0.1, -0.05) is 0 Å². The normalized spacial score (nSPS) is 9.36. The minimum atomic E-state index is 0. The van der Waals surface area contributed by atoms with Crippen LogP contribution in [0.15, 0.2) is 12.5 Å². The lowest BCUT2D eigenvalue weighted by Crippen LogP contribution is -2.02. The first kappa shape index (κ1) is 10.2. The maximum Gasteiger partial charge on any atom is 0.168 e. The Bertz CT molecular complexity index is 232. The van der Waals surface area contributed by atoms with E-state index in [1.807, 2.05) is 18.4 Å². The van der Waals surface area contributed by atoms with Crippen LogP contribution in [0, 0.1) is 0 Å². The first-order valence-corrected chi connectivity index (χ1v) is 3.22. The molecule has 62 valence electrons. The van der Waals surface area contributed by atoms with E-state index in [9.17, 15) is 4.79 Å². The van der Waals surface area contributed by atoms with Gasteiger partial charge in [-0.25, -0.2) is 4.98 Å². The van der Waals surface area contributed by atoms with Crippen molar-refractivity contribution < 1.29 is 4.79 Å². The van der Waals surface area contributed by atoms with E-state index in [2.05, 4.69) is 4.98 Å². The number of aldehydes is 1. The van der Waals surface area contributed by atoms with Gasteiger partial charge >= 0.3 is 0 Å². The fourth-order valence-electron chi connectivity index (χ4n) is 0.838. The van der Waals surface area contributed by atoms with Crippen molar-refractivity contribution in [3.63, 3.8) is 0 Å². The second-order valence-corrected chi connectivity index (χ2v) is 2.44. The van der Waals surface area contributed by atoms with Gasteiger partial charge in [-0.3, -0.25) is 4.79 Å². The van der Waals surface area contributed by atoms with Gasteiger partial charge < -0.3 is 4.57 Å². The average molecular weight is 175 g/mol.